The van der Waals surface area contributed by atoms with E-state index < -0.39 is 26.6 Å². The van der Waals surface area contributed by atoms with Gasteiger partial charge in [-0.1, -0.05) is 6.07 Å². The highest BCUT2D eigenvalue weighted by molar-refractivity contribution is 9.11. The number of benzene rings is 1. The van der Waals surface area contributed by atoms with Gasteiger partial charge in [-0.25, -0.2) is 17.2 Å². The van der Waals surface area contributed by atoms with Crippen LogP contribution in [-0.2, 0) is 16.6 Å². The van der Waals surface area contributed by atoms with Crippen molar-refractivity contribution in [1.82, 2.24) is 4.31 Å². The Kier molecular flexibility index (Phi) is 4.58. The minimum Gasteiger partial charge on any atom is -0.207 e. The van der Waals surface area contributed by atoms with Crippen LogP contribution in [0.1, 0.15) is 4.88 Å². The highest BCUT2D eigenvalue weighted by Crippen LogP contribution is 2.26. The van der Waals surface area contributed by atoms with Crippen molar-refractivity contribution in [1.29, 1.82) is 0 Å². The van der Waals surface area contributed by atoms with Gasteiger partial charge < -0.3 is 0 Å². The van der Waals surface area contributed by atoms with E-state index in [1.54, 1.807) is 12.1 Å². The summed E-state index contributed by atoms with van der Waals surface area (Å²) in [5.41, 5.74) is 0. The second-order valence-electron chi connectivity index (χ2n) is 4.02. The molecule has 0 aliphatic rings. The summed E-state index contributed by atoms with van der Waals surface area (Å²) >= 11 is 4.63. The lowest BCUT2D eigenvalue weighted by Crippen LogP contribution is -2.27. The lowest BCUT2D eigenvalue weighted by atomic mass is 10.3. The van der Waals surface area contributed by atoms with Crippen LogP contribution >= 0.6 is 27.3 Å². The molecule has 8 heteroatoms. The minimum absolute atomic E-state index is 0.0480. The number of halogens is 3. The van der Waals surface area contributed by atoms with Crippen LogP contribution in [0.15, 0.2) is 39.0 Å². The van der Waals surface area contributed by atoms with E-state index in [0.29, 0.717) is 0 Å². The average molecular weight is 382 g/mol. The van der Waals surface area contributed by atoms with Crippen LogP contribution in [-0.4, -0.2) is 19.8 Å². The van der Waals surface area contributed by atoms with Crippen molar-refractivity contribution in [3.8, 4) is 0 Å². The molecule has 0 bridgehead atoms. The van der Waals surface area contributed by atoms with Gasteiger partial charge in [0.25, 0.3) is 0 Å². The van der Waals surface area contributed by atoms with Gasteiger partial charge in [0, 0.05) is 18.5 Å². The molecule has 0 saturated carbocycles. The Morgan fingerprint density at radius 2 is 1.80 bits per heavy atom. The molecular weight excluding hydrogens is 372 g/mol. The molecule has 3 nitrogen and oxygen atoms in total. The van der Waals surface area contributed by atoms with Crippen LogP contribution in [0.3, 0.4) is 0 Å². The van der Waals surface area contributed by atoms with Gasteiger partial charge in [0.05, 0.1) is 3.79 Å². The summed E-state index contributed by atoms with van der Waals surface area (Å²) in [6, 6.07) is 6.50. The Balaban J connectivity index is 2.35. The number of nitrogens with zero attached hydrogens (tertiary/aromatic N) is 1. The summed E-state index contributed by atoms with van der Waals surface area (Å²) in [7, 11) is -2.93. The quantitative estimate of drug-likeness (QED) is 0.810. The number of thiophene rings is 1. The van der Waals surface area contributed by atoms with Crippen LogP contribution in [0, 0.1) is 11.6 Å². The summed E-state index contributed by atoms with van der Waals surface area (Å²) in [5.74, 6) is -2.19. The van der Waals surface area contributed by atoms with Crippen LogP contribution < -0.4 is 0 Å². The number of hydrogen-bond acceptors (Lipinski definition) is 3. The van der Waals surface area contributed by atoms with Crippen molar-refractivity contribution >= 4 is 37.3 Å². The van der Waals surface area contributed by atoms with E-state index in [0.717, 1.165) is 31.2 Å². The van der Waals surface area contributed by atoms with Crippen molar-refractivity contribution in [3.05, 3.63) is 50.6 Å². The highest BCUT2D eigenvalue weighted by Gasteiger charge is 2.28. The maximum absolute atomic E-state index is 13.6. The van der Waals surface area contributed by atoms with Crippen LogP contribution in [0.25, 0.3) is 0 Å². The Morgan fingerprint density at radius 3 is 2.30 bits per heavy atom. The second kappa shape index (κ2) is 5.88. The van der Waals surface area contributed by atoms with Gasteiger partial charge in [-0.15, -0.1) is 11.3 Å². The third-order valence-corrected chi connectivity index (χ3v) is 6.06. The van der Waals surface area contributed by atoms with Crippen molar-refractivity contribution in [2.45, 2.75) is 11.4 Å². The van der Waals surface area contributed by atoms with Gasteiger partial charge in [0.15, 0.2) is 4.90 Å². The predicted octanol–water partition coefficient (Wildman–Crippen LogP) is 3.61. The minimum atomic E-state index is -4.21. The van der Waals surface area contributed by atoms with Gasteiger partial charge >= 0.3 is 0 Å². The maximum Gasteiger partial charge on any atom is 0.249 e. The van der Waals surface area contributed by atoms with E-state index in [1.165, 1.54) is 18.4 Å². The molecule has 0 aliphatic heterocycles. The molecule has 0 N–H and O–H groups in total. The number of rotatable bonds is 4. The molecule has 0 spiro atoms. The molecule has 0 atom stereocenters. The molecule has 2 aromatic rings. The molecule has 2 rings (SSSR count). The van der Waals surface area contributed by atoms with E-state index in [2.05, 4.69) is 15.9 Å². The first-order valence-electron chi connectivity index (χ1n) is 5.47. The first kappa shape index (κ1) is 15.6. The van der Waals surface area contributed by atoms with E-state index in [9.17, 15) is 17.2 Å². The van der Waals surface area contributed by atoms with Gasteiger partial charge in [-0.05, 0) is 40.2 Å². The fourth-order valence-electron chi connectivity index (χ4n) is 1.63. The predicted molar refractivity (Wildman–Crippen MR) is 77.0 cm³/mol. The number of hydrogen-bond donors (Lipinski definition) is 0. The monoisotopic (exact) mass is 381 g/mol. The first-order chi connectivity index (χ1) is 9.32. The topological polar surface area (TPSA) is 37.4 Å². The van der Waals surface area contributed by atoms with E-state index in [1.807, 2.05) is 0 Å². The Hall–Kier alpha value is -0.830. The molecule has 0 radical (unpaired) electrons. The SMILES string of the molecule is CN(Cc1ccc(Br)s1)S(=O)(=O)c1c(F)cccc1F. The van der Waals surface area contributed by atoms with Gasteiger partial charge in [-0.3, -0.25) is 0 Å². The van der Waals surface area contributed by atoms with Gasteiger partial charge in [-0.2, -0.15) is 4.31 Å². The smallest absolute Gasteiger partial charge is 0.207 e. The molecule has 0 aliphatic carbocycles. The van der Waals surface area contributed by atoms with Crippen LogP contribution in [0.5, 0.6) is 0 Å². The second-order valence-corrected chi connectivity index (χ2v) is 8.55. The summed E-state index contributed by atoms with van der Waals surface area (Å²) in [6.45, 7) is 0.0480. The zero-order valence-electron chi connectivity index (χ0n) is 10.3. The normalized spacial score (nSPS) is 12.1. The average Bonchev–Trinajstić information content (AvgIpc) is 2.74. The Morgan fingerprint density at radius 1 is 1.20 bits per heavy atom. The lowest BCUT2D eigenvalue weighted by Gasteiger charge is -2.17. The van der Waals surface area contributed by atoms with Crippen LogP contribution in [0.2, 0.25) is 0 Å². The molecule has 0 unspecified atom stereocenters. The molecule has 0 fully saturated rings. The molecule has 108 valence electrons. The van der Waals surface area contributed by atoms with E-state index in [-0.39, 0.29) is 6.54 Å². The molecule has 1 aromatic heterocycles. The molecular formula is C12H10BrF2NO2S2. The summed E-state index contributed by atoms with van der Waals surface area (Å²) in [5, 5.41) is 0. The zero-order valence-corrected chi connectivity index (χ0v) is 13.5. The van der Waals surface area contributed by atoms with Crippen molar-refractivity contribution in [3.63, 3.8) is 0 Å². The zero-order chi connectivity index (χ0) is 14.9. The molecule has 1 heterocycles. The number of sulfonamides is 1. The van der Waals surface area contributed by atoms with Crippen LogP contribution in [0.4, 0.5) is 8.78 Å². The lowest BCUT2D eigenvalue weighted by molar-refractivity contribution is 0.450. The fourth-order valence-corrected chi connectivity index (χ4v) is 4.49. The molecule has 1 aromatic carbocycles. The Bertz CT molecular complexity index is 711. The summed E-state index contributed by atoms with van der Waals surface area (Å²) < 4.78 is 53.4. The molecule has 0 saturated heterocycles. The van der Waals surface area contributed by atoms with Crippen molar-refractivity contribution in [2.24, 2.45) is 0 Å². The van der Waals surface area contributed by atoms with Crippen molar-refractivity contribution < 1.29 is 17.2 Å². The molecule has 20 heavy (non-hydrogen) atoms. The third kappa shape index (κ3) is 3.08. The van der Waals surface area contributed by atoms with Crippen molar-refractivity contribution in [2.75, 3.05) is 7.05 Å². The highest BCUT2D eigenvalue weighted by atomic mass is 79.9. The standard InChI is InChI=1S/C12H10BrF2NO2S2/c1-16(7-8-5-6-11(13)19-8)20(17,18)12-9(14)3-2-4-10(12)15/h2-6H,7H2,1H3. The largest absolute Gasteiger partial charge is 0.249 e. The first-order valence-corrected chi connectivity index (χ1v) is 8.52. The van der Waals surface area contributed by atoms with E-state index >= 15 is 0 Å². The maximum atomic E-state index is 13.6. The third-order valence-electron chi connectivity index (χ3n) is 2.59. The fraction of sp³-hybridized carbons (Fsp3) is 0.167. The summed E-state index contributed by atoms with van der Waals surface area (Å²) in [4.78, 5) is -0.155. The Labute approximate surface area is 128 Å². The summed E-state index contributed by atoms with van der Waals surface area (Å²) in [6.07, 6.45) is 0. The van der Waals surface area contributed by atoms with Gasteiger partial charge in [0.2, 0.25) is 10.0 Å². The van der Waals surface area contributed by atoms with Gasteiger partial charge in [0.1, 0.15) is 11.6 Å². The molecule has 0 amide bonds. The van der Waals surface area contributed by atoms with E-state index in [4.69, 9.17) is 0 Å².